The number of fused-ring (bicyclic) bond motifs is 1. The summed E-state index contributed by atoms with van der Waals surface area (Å²) in [5.74, 6) is 0. The number of nitrogens with zero attached hydrogens (tertiary/aromatic N) is 1. The van der Waals surface area contributed by atoms with Crippen LogP contribution >= 0.6 is 0 Å². The molecule has 1 radical (unpaired) electrons. The summed E-state index contributed by atoms with van der Waals surface area (Å²) in [6.45, 7) is 7.77. The third kappa shape index (κ3) is 3.05. The monoisotopic (exact) mass is 282 g/mol. The SMILES string of the molecule is [CH2-]c1ccc2ncc[c-]c2c1[CH2-].[K+].[Y]. The second-order valence-corrected chi connectivity index (χ2v) is 2.69. The van der Waals surface area contributed by atoms with Gasteiger partial charge in [0.25, 0.3) is 0 Å². The van der Waals surface area contributed by atoms with E-state index >= 15 is 0 Å². The molecule has 1 aromatic carbocycles. The average molecular weight is 282 g/mol. The van der Waals surface area contributed by atoms with Gasteiger partial charge in [0.05, 0.1) is 0 Å². The Hall–Kier alpha value is 1.11. The predicted molar refractivity (Wildman–Crippen MR) is 49.5 cm³/mol. The molecule has 0 aliphatic rings. The maximum Gasteiger partial charge on any atom is 1.00 e. The van der Waals surface area contributed by atoms with Crippen LogP contribution in [0.4, 0.5) is 0 Å². The van der Waals surface area contributed by atoms with Crippen LogP contribution in [0.5, 0.6) is 0 Å². The molecule has 0 unspecified atom stereocenters. The zero-order valence-corrected chi connectivity index (χ0v) is 14.2. The van der Waals surface area contributed by atoms with Crippen LogP contribution in [-0.2, 0) is 32.7 Å². The molecule has 1 nitrogen and oxygen atoms in total. The van der Waals surface area contributed by atoms with Crippen molar-refractivity contribution in [1.82, 2.24) is 4.98 Å². The Bertz CT molecular complexity index is 429. The molecule has 0 bridgehead atoms. The van der Waals surface area contributed by atoms with E-state index in [1.165, 1.54) is 0 Å². The van der Waals surface area contributed by atoms with Crippen molar-refractivity contribution in [2.45, 2.75) is 0 Å². The first-order chi connectivity index (χ1) is 5.79. The summed E-state index contributed by atoms with van der Waals surface area (Å²) in [4.78, 5) is 4.18. The van der Waals surface area contributed by atoms with Crippen LogP contribution in [0.2, 0.25) is 0 Å². The fourth-order valence-electron chi connectivity index (χ4n) is 1.19. The first-order valence-corrected chi connectivity index (χ1v) is 3.72. The van der Waals surface area contributed by atoms with Crippen LogP contribution in [0.15, 0.2) is 24.4 Å². The van der Waals surface area contributed by atoms with Gasteiger partial charge in [-0.15, -0.1) is 6.07 Å². The van der Waals surface area contributed by atoms with Gasteiger partial charge in [0, 0.05) is 32.7 Å². The molecule has 14 heavy (non-hydrogen) atoms. The average Bonchev–Trinajstić information content (AvgIpc) is 2.12. The molecule has 0 saturated heterocycles. The van der Waals surface area contributed by atoms with E-state index in [4.69, 9.17) is 0 Å². The van der Waals surface area contributed by atoms with Gasteiger partial charge in [-0.3, -0.25) is 18.1 Å². The summed E-state index contributed by atoms with van der Waals surface area (Å²) in [5.41, 5.74) is 2.78. The summed E-state index contributed by atoms with van der Waals surface area (Å²) in [6, 6.07) is 8.74. The minimum atomic E-state index is 0. The molecule has 2 rings (SSSR count). The van der Waals surface area contributed by atoms with Gasteiger partial charge in [-0.05, 0) is 0 Å². The van der Waals surface area contributed by atoms with Crippen molar-refractivity contribution >= 4 is 10.9 Å². The van der Waals surface area contributed by atoms with Crippen LogP contribution in [0, 0.1) is 19.9 Å². The summed E-state index contributed by atoms with van der Waals surface area (Å²) >= 11 is 0. The number of benzene rings is 1. The third-order valence-electron chi connectivity index (χ3n) is 1.90. The van der Waals surface area contributed by atoms with Crippen LogP contribution in [0.3, 0.4) is 0 Å². The Morgan fingerprint density at radius 1 is 1.21 bits per heavy atom. The molecular weight excluding hydrogens is 274 g/mol. The Kier molecular flexibility index (Phi) is 7.17. The molecule has 0 amide bonds. The van der Waals surface area contributed by atoms with Crippen molar-refractivity contribution in [1.29, 1.82) is 0 Å². The number of pyridine rings is 1. The third-order valence-corrected chi connectivity index (χ3v) is 1.90. The smallest absolute Gasteiger partial charge is 0.366 e. The minimum Gasteiger partial charge on any atom is -0.366 e. The van der Waals surface area contributed by atoms with Gasteiger partial charge >= 0.3 is 51.4 Å². The minimum absolute atomic E-state index is 0. The van der Waals surface area contributed by atoms with E-state index in [0.717, 1.165) is 22.0 Å². The van der Waals surface area contributed by atoms with Crippen molar-refractivity contribution in [2.24, 2.45) is 0 Å². The molecule has 0 saturated carbocycles. The van der Waals surface area contributed by atoms with Gasteiger partial charge in [-0.1, -0.05) is 11.7 Å². The van der Waals surface area contributed by atoms with E-state index in [0.29, 0.717) is 0 Å². The largest absolute Gasteiger partial charge is 1.00 e. The van der Waals surface area contributed by atoms with Gasteiger partial charge in [0.1, 0.15) is 0 Å². The maximum absolute atomic E-state index is 4.18. The zero-order chi connectivity index (χ0) is 8.55. The van der Waals surface area contributed by atoms with Crippen molar-refractivity contribution in [3.8, 4) is 0 Å². The summed E-state index contributed by atoms with van der Waals surface area (Å²) in [5, 5.41) is 0.963. The molecule has 2 aromatic rings. The zero-order valence-electron chi connectivity index (χ0n) is 8.25. The van der Waals surface area contributed by atoms with Gasteiger partial charge in [-0.25, -0.2) is 24.4 Å². The van der Waals surface area contributed by atoms with E-state index in [9.17, 15) is 0 Å². The molecule has 0 spiro atoms. The van der Waals surface area contributed by atoms with Crippen molar-refractivity contribution in [3.05, 3.63) is 55.4 Å². The summed E-state index contributed by atoms with van der Waals surface area (Å²) < 4.78 is 0. The van der Waals surface area contributed by atoms with Crippen molar-refractivity contribution < 1.29 is 84.1 Å². The van der Waals surface area contributed by atoms with E-state index in [1.54, 1.807) is 12.3 Å². The van der Waals surface area contributed by atoms with Crippen LogP contribution in [-0.4, -0.2) is 4.98 Å². The van der Waals surface area contributed by atoms with E-state index in [-0.39, 0.29) is 84.1 Å². The quantitative estimate of drug-likeness (QED) is 0.464. The summed E-state index contributed by atoms with van der Waals surface area (Å²) in [6.07, 6.45) is 1.73. The molecule has 0 fully saturated rings. The van der Waals surface area contributed by atoms with Crippen LogP contribution in [0.25, 0.3) is 10.9 Å². The number of rotatable bonds is 0. The first-order valence-electron chi connectivity index (χ1n) is 3.72. The second-order valence-electron chi connectivity index (χ2n) is 2.69. The Morgan fingerprint density at radius 2 is 1.93 bits per heavy atom. The van der Waals surface area contributed by atoms with Crippen molar-refractivity contribution in [2.75, 3.05) is 0 Å². The standard InChI is InChI=1S/C11H8N.K.Y/c1-8-5-6-11-10(9(8)2)4-3-7-12-11;;/h3,5-7H,1-2H2;;/q-3;+1;. The second kappa shape index (κ2) is 6.64. The molecule has 1 heterocycles. The first kappa shape index (κ1) is 15.1. The Labute approximate surface area is 152 Å². The van der Waals surface area contributed by atoms with E-state index in [1.807, 2.05) is 12.1 Å². The number of hydrogen-bond donors (Lipinski definition) is 0. The maximum atomic E-state index is 4.18. The molecule has 0 atom stereocenters. The molecule has 0 N–H and O–H groups in total. The number of hydrogen-bond acceptors (Lipinski definition) is 1. The molecule has 3 heteroatoms. The fourth-order valence-corrected chi connectivity index (χ4v) is 1.19. The van der Waals surface area contributed by atoms with Crippen molar-refractivity contribution in [3.63, 3.8) is 0 Å². The molecule has 1 aromatic heterocycles. The van der Waals surface area contributed by atoms with Gasteiger partial charge in [0.15, 0.2) is 0 Å². The molecule has 0 aliphatic carbocycles. The summed E-state index contributed by atoms with van der Waals surface area (Å²) in [7, 11) is 0. The fraction of sp³-hybridized carbons (Fsp3) is 0. The van der Waals surface area contributed by atoms with E-state index < -0.39 is 0 Å². The van der Waals surface area contributed by atoms with E-state index in [2.05, 4.69) is 24.9 Å². The van der Waals surface area contributed by atoms with Gasteiger partial charge in [-0.2, -0.15) is 6.07 Å². The topological polar surface area (TPSA) is 12.9 Å². The predicted octanol–water partition coefficient (Wildman–Crippen LogP) is -0.599. The number of aromatic nitrogens is 1. The molecular formula is C11H8KNY-2. The molecule has 63 valence electrons. The van der Waals surface area contributed by atoms with Crippen LogP contribution < -0.4 is 51.4 Å². The molecule has 0 aliphatic heterocycles. The van der Waals surface area contributed by atoms with Gasteiger partial charge < -0.3 is 4.98 Å². The van der Waals surface area contributed by atoms with Crippen LogP contribution in [0.1, 0.15) is 11.1 Å². The normalized spacial score (nSPS) is 8.86. The Balaban J connectivity index is 0.000000845. The Morgan fingerprint density at radius 3 is 2.64 bits per heavy atom. The van der Waals surface area contributed by atoms with Gasteiger partial charge in [0.2, 0.25) is 0 Å².